The summed E-state index contributed by atoms with van der Waals surface area (Å²) in [5, 5.41) is 12.1. The highest BCUT2D eigenvalue weighted by molar-refractivity contribution is 6.31. The lowest BCUT2D eigenvalue weighted by Crippen LogP contribution is -2.50. The molecule has 1 aliphatic rings. The smallest absolute Gasteiger partial charge is 0.134 e. The minimum atomic E-state index is -0.588. The Bertz CT molecular complexity index is 628. The molecule has 1 saturated heterocycles. The maximum Gasteiger partial charge on any atom is 0.134 e. The molecular weight excluding hydrogens is 288 g/mol. The van der Waals surface area contributed by atoms with E-state index in [1.165, 1.54) is 0 Å². The van der Waals surface area contributed by atoms with E-state index < -0.39 is 6.10 Å². The van der Waals surface area contributed by atoms with Gasteiger partial charge in [0.15, 0.2) is 0 Å². The van der Waals surface area contributed by atoms with Crippen LogP contribution in [0, 0.1) is 0 Å². The number of piperazine rings is 1. The van der Waals surface area contributed by atoms with Crippen molar-refractivity contribution in [2.24, 2.45) is 0 Å². The summed E-state index contributed by atoms with van der Waals surface area (Å²) in [7, 11) is 4.23. The molecule has 5 heteroatoms. The molecule has 114 valence electrons. The van der Waals surface area contributed by atoms with E-state index in [0.717, 1.165) is 30.6 Å². The highest BCUT2D eigenvalue weighted by Gasteiger charge is 2.26. The number of hydrogen-bond acceptors (Lipinski definition) is 4. The molecule has 0 radical (unpaired) electrons. The fourth-order valence-corrected chi connectivity index (χ4v) is 3.11. The summed E-state index contributed by atoms with van der Waals surface area (Å²) in [5.41, 5.74) is 0.766. The predicted octanol–water partition coefficient (Wildman–Crippen LogP) is 2.76. The number of aliphatic hydroxyl groups is 1. The van der Waals surface area contributed by atoms with Crippen molar-refractivity contribution in [3.05, 3.63) is 35.0 Å². The summed E-state index contributed by atoms with van der Waals surface area (Å²) < 4.78 is 5.75. The van der Waals surface area contributed by atoms with Crippen LogP contribution in [0.5, 0.6) is 0 Å². The Labute approximate surface area is 129 Å². The lowest BCUT2D eigenvalue weighted by Gasteiger charge is -2.38. The zero-order valence-corrected chi connectivity index (χ0v) is 13.2. The Balaban J connectivity index is 1.75. The molecule has 4 nitrogen and oxygen atoms in total. The van der Waals surface area contributed by atoms with E-state index in [2.05, 4.69) is 23.9 Å². The van der Waals surface area contributed by atoms with Crippen LogP contribution in [-0.4, -0.2) is 54.7 Å². The van der Waals surface area contributed by atoms with Crippen LogP contribution in [0.25, 0.3) is 11.0 Å². The van der Waals surface area contributed by atoms with Gasteiger partial charge in [0.25, 0.3) is 0 Å². The fourth-order valence-electron chi connectivity index (χ4n) is 2.93. The molecule has 2 heterocycles. The van der Waals surface area contributed by atoms with Gasteiger partial charge in [0.1, 0.15) is 17.4 Å². The highest BCUT2D eigenvalue weighted by Crippen LogP contribution is 2.29. The van der Waals surface area contributed by atoms with Crippen LogP contribution in [-0.2, 0) is 0 Å². The summed E-state index contributed by atoms with van der Waals surface area (Å²) in [5.74, 6) is 0.619. The molecule has 0 aliphatic carbocycles. The quantitative estimate of drug-likeness (QED) is 0.946. The first-order valence-electron chi connectivity index (χ1n) is 7.29. The minimum Gasteiger partial charge on any atom is -0.458 e. The SMILES string of the molecule is CN1CCN(C)C(CC(O)c2cc3cc(Cl)ccc3o2)C1. The van der Waals surface area contributed by atoms with Crippen molar-refractivity contribution in [1.82, 2.24) is 9.80 Å². The van der Waals surface area contributed by atoms with Crippen molar-refractivity contribution in [3.63, 3.8) is 0 Å². The van der Waals surface area contributed by atoms with Gasteiger partial charge in [-0.3, -0.25) is 0 Å². The molecule has 1 fully saturated rings. The molecule has 21 heavy (non-hydrogen) atoms. The van der Waals surface area contributed by atoms with Crippen LogP contribution < -0.4 is 0 Å². The molecule has 1 aromatic carbocycles. The van der Waals surface area contributed by atoms with Crippen molar-refractivity contribution in [2.45, 2.75) is 18.6 Å². The molecule has 0 saturated carbocycles. The van der Waals surface area contributed by atoms with Crippen LogP contribution in [0.4, 0.5) is 0 Å². The first kappa shape index (κ1) is 14.9. The topological polar surface area (TPSA) is 39.9 Å². The first-order chi connectivity index (χ1) is 10.0. The van der Waals surface area contributed by atoms with Gasteiger partial charge in [-0.15, -0.1) is 0 Å². The van der Waals surface area contributed by atoms with E-state index >= 15 is 0 Å². The number of likely N-dealkylation sites (N-methyl/N-ethyl adjacent to an activating group) is 2. The van der Waals surface area contributed by atoms with Crippen molar-refractivity contribution in [2.75, 3.05) is 33.7 Å². The summed E-state index contributed by atoms with van der Waals surface area (Å²) in [4.78, 5) is 4.61. The minimum absolute atomic E-state index is 0.343. The van der Waals surface area contributed by atoms with Gasteiger partial charge in [-0.2, -0.15) is 0 Å². The molecule has 1 aromatic heterocycles. The lowest BCUT2D eigenvalue weighted by molar-refractivity contribution is 0.0554. The van der Waals surface area contributed by atoms with Crippen molar-refractivity contribution in [1.29, 1.82) is 0 Å². The molecule has 0 bridgehead atoms. The second-order valence-electron chi connectivity index (χ2n) is 5.98. The molecule has 0 amide bonds. The summed E-state index contributed by atoms with van der Waals surface area (Å²) in [6.07, 6.45) is 0.0871. The standard InChI is InChI=1S/C16H21ClN2O2/c1-18-5-6-19(2)13(10-18)9-14(20)16-8-11-7-12(17)3-4-15(11)21-16/h3-4,7-8,13-14,20H,5-6,9-10H2,1-2H3. The molecule has 1 N–H and O–H groups in total. The van der Waals surface area contributed by atoms with Gasteiger partial charge < -0.3 is 19.3 Å². The Morgan fingerprint density at radius 2 is 2.14 bits per heavy atom. The molecule has 3 rings (SSSR count). The largest absolute Gasteiger partial charge is 0.458 e. The van der Waals surface area contributed by atoms with Gasteiger partial charge in [-0.05, 0) is 44.8 Å². The zero-order chi connectivity index (χ0) is 15.0. The Hall–Kier alpha value is -1.07. The normalized spacial score (nSPS) is 22.8. The highest BCUT2D eigenvalue weighted by atomic mass is 35.5. The van der Waals surface area contributed by atoms with E-state index in [9.17, 15) is 5.11 Å². The zero-order valence-electron chi connectivity index (χ0n) is 12.4. The number of aliphatic hydroxyl groups excluding tert-OH is 1. The van der Waals surface area contributed by atoms with Crippen LogP contribution in [0.15, 0.2) is 28.7 Å². The van der Waals surface area contributed by atoms with Crippen molar-refractivity contribution in [3.8, 4) is 0 Å². The third-order valence-electron chi connectivity index (χ3n) is 4.30. The van der Waals surface area contributed by atoms with Crippen LogP contribution in [0.1, 0.15) is 18.3 Å². The predicted molar refractivity (Wildman–Crippen MR) is 84.7 cm³/mol. The van der Waals surface area contributed by atoms with E-state index in [0.29, 0.717) is 23.2 Å². The number of halogens is 1. The second-order valence-corrected chi connectivity index (χ2v) is 6.42. The molecule has 1 aliphatic heterocycles. The number of nitrogens with zero attached hydrogens (tertiary/aromatic N) is 2. The van der Waals surface area contributed by atoms with Gasteiger partial charge >= 0.3 is 0 Å². The van der Waals surface area contributed by atoms with Gasteiger partial charge in [0.05, 0.1) is 0 Å². The van der Waals surface area contributed by atoms with Crippen molar-refractivity contribution < 1.29 is 9.52 Å². The lowest BCUT2D eigenvalue weighted by atomic mass is 10.0. The average Bonchev–Trinajstić information content (AvgIpc) is 2.86. The monoisotopic (exact) mass is 308 g/mol. The van der Waals surface area contributed by atoms with Crippen LogP contribution in [0.3, 0.4) is 0 Å². The average molecular weight is 309 g/mol. The van der Waals surface area contributed by atoms with Crippen LogP contribution >= 0.6 is 11.6 Å². The maximum atomic E-state index is 10.5. The van der Waals surface area contributed by atoms with Crippen LogP contribution in [0.2, 0.25) is 5.02 Å². The van der Waals surface area contributed by atoms with E-state index in [1.807, 2.05) is 18.2 Å². The summed E-state index contributed by atoms with van der Waals surface area (Å²) >= 11 is 5.98. The van der Waals surface area contributed by atoms with E-state index in [4.69, 9.17) is 16.0 Å². The summed E-state index contributed by atoms with van der Waals surface area (Å²) in [6, 6.07) is 7.73. The number of furan rings is 1. The maximum absolute atomic E-state index is 10.5. The summed E-state index contributed by atoms with van der Waals surface area (Å²) in [6.45, 7) is 3.08. The van der Waals surface area contributed by atoms with Gasteiger partial charge in [-0.25, -0.2) is 0 Å². The van der Waals surface area contributed by atoms with Gasteiger partial charge in [0.2, 0.25) is 0 Å². The second kappa shape index (κ2) is 5.97. The first-order valence-corrected chi connectivity index (χ1v) is 7.66. The molecular formula is C16H21ClN2O2. The number of rotatable bonds is 3. The van der Waals surface area contributed by atoms with Gasteiger partial charge in [-0.1, -0.05) is 11.6 Å². The van der Waals surface area contributed by atoms with Gasteiger partial charge in [0, 0.05) is 36.1 Å². The third-order valence-corrected chi connectivity index (χ3v) is 4.54. The van der Waals surface area contributed by atoms with E-state index in [-0.39, 0.29) is 0 Å². The molecule has 0 spiro atoms. The third kappa shape index (κ3) is 3.24. The van der Waals surface area contributed by atoms with E-state index in [1.54, 1.807) is 6.07 Å². The molecule has 2 atom stereocenters. The Kier molecular flexibility index (Phi) is 4.22. The number of fused-ring (bicyclic) bond motifs is 1. The fraction of sp³-hybridized carbons (Fsp3) is 0.500. The molecule has 2 unspecified atom stereocenters. The Morgan fingerprint density at radius 3 is 2.95 bits per heavy atom. The van der Waals surface area contributed by atoms with Crippen molar-refractivity contribution >= 4 is 22.6 Å². The number of benzene rings is 1. The Morgan fingerprint density at radius 1 is 1.33 bits per heavy atom. The number of hydrogen-bond donors (Lipinski definition) is 1. The molecule has 2 aromatic rings.